The van der Waals surface area contributed by atoms with Crippen molar-refractivity contribution in [3.05, 3.63) is 24.5 Å². The van der Waals surface area contributed by atoms with Gasteiger partial charge in [0.05, 0.1) is 6.33 Å². The van der Waals surface area contributed by atoms with E-state index in [0.29, 0.717) is 5.92 Å². The second-order valence-electron chi connectivity index (χ2n) is 4.68. The maximum atomic E-state index is 4.33. The third-order valence-electron chi connectivity index (χ3n) is 3.48. The van der Waals surface area contributed by atoms with E-state index in [1.54, 1.807) is 11.8 Å². The highest BCUT2D eigenvalue weighted by Crippen LogP contribution is 2.35. The summed E-state index contributed by atoms with van der Waals surface area (Å²) < 4.78 is 4.23. The number of rotatable bonds is 5. The first kappa shape index (κ1) is 11.8. The predicted octanol–water partition coefficient (Wildman–Crippen LogP) is 2.07. The van der Waals surface area contributed by atoms with E-state index in [-0.39, 0.29) is 0 Å². The Kier molecular flexibility index (Phi) is 3.36. The van der Waals surface area contributed by atoms with Crippen molar-refractivity contribution in [3.63, 3.8) is 0 Å². The van der Waals surface area contributed by atoms with Gasteiger partial charge in [0.2, 0.25) is 0 Å². The zero-order valence-electron chi connectivity index (χ0n) is 10.5. The van der Waals surface area contributed by atoms with E-state index >= 15 is 0 Å². The highest BCUT2D eigenvalue weighted by atomic mass is 32.2. The van der Waals surface area contributed by atoms with Crippen LogP contribution in [0.3, 0.4) is 0 Å². The molecule has 0 amide bonds. The normalized spacial score (nSPS) is 15.8. The molecular formula is C12H17N5S. The smallest absolute Gasteiger partial charge is 0.191 e. The number of thioether (sulfide) groups is 1. The van der Waals surface area contributed by atoms with Crippen molar-refractivity contribution in [2.45, 2.75) is 36.9 Å². The van der Waals surface area contributed by atoms with Crippen molar-refractivity contribution < 1.29 is 0 Å². The van der Waals surface area contributed by atoms with Crippen LogP contribution in [0.2, 0.25) is 0 Å². The van der Waals surface area contributed by atoms with Gasteiger partial charge >= 0.3 is 0 Å². The minimum atomic E-state index is 0.644. The molecule has 0 spiro atoms. The number of hydrogen-bond acceptors (Lipinski definition) is 4. The van der Waals surface area contributed by atoms with E-state index < -0.39 is 0 Å². The van der Waals surface area contributed by atoms with Gasteiger partial charge in [0.1, 0.15) is 5.82 Å². The van der Waals surface area contributed by atoms with Gasteiger partial charge in [-0.25, -0.2) is 4.98 Å². The SMILES string of the molecule is Cn1c(SCCn2ccnc2)nnc1C1CCC1. The molecule has 0 radical (unpaired) electrons. The fourth-order valence-corrected chi connectivity index (χ4v) is 3.01. The Balaban J connectivity index is 1.57. The Bertz CT molecular complexity index is 501. The minimum absolute atomic E-state index is 0.644. The Morgan fingerprint density at radius 1 is 1.39 bits per heavy atom. The topological polar surface area (TPSA) is 48.5 Å². The van der Waals surface area contributed by atoms with Gasteiger partial charge in [-0.1, -0.05) is 18.2 Å². The Hall–Kier alpha value is -1.30. The molecule has 6 heteroatoms. The van der Waals surface area contributed by atoms with Crippen LogP contribution in [-0.4, -0.2) is 30.1 Å². The molecule has 0 N–H and O–H groups in total. The molecule has 2 heterocycles. The molecule has 1 aliphatic carbocycles. The number of nitrogens with zero attached hydrogens (tertiary/aromatic N) is 5. The van der Waals surface area contributed by atoms with Crippen molar-refractivity contribution in [1.29, 1.82) is 0 Å². The van der Waals surface area contributed by atoms with Crippen LogP contribution in [0, 0.1) is 0 Å². The lowest BCUT2D eigenvalue weighted by molar-refractivity contribution is 0.390. The van der Waals surface area contributed by atoms with Gasteiger partial charge < -0.3 is 9.13 Å². The fraction of sp³-hybridized carbons (Fsp3) is 0.583. The third kappa shape index (κ3) is 2.29. The monoisotopic (exact) mass is 263 g/mol. The van der Waals surface area contributed by atoms with Gasteiger partial charge in [-0.3, -0.25) is 0 Å². The lowest BCUT2D eigenvalue weighted by Crippen LogP contribution is -2.14. The molecule has 0 aromatic carbocycles. The van der Waals surface area contributed by atoms with Crippen LogP contribution in [0.15, 0.2) is 23.9 Å². The largest absolute Gasteiger partial charge is 0.337 e. The van der Waals surface area contributed by atoms with Crippen LogP contribution < -0.4 is 0 Å². The average Bonchev–Trinajstić information content (AvgIpc) is 2.91. The van der Waals surface area contributed by atoms with Gasteiger partial charge in [0, 0.05) is 37.7 Å². The van der Waals surface area contributed by atoms with Crippen LogP contribution in [0.1, 0.15) is 31.0 Å². The summed E-state index contributed by atoms with van der Waals surface area (Å²) >= 11 is 1.76. The number of aryl methyl sites for hydroxylation is 1. The maximum absolute atomic E-state index is 4.33. The fourth-order valence-electron chi connectivity index (χ4n) is 2.14. The van der Waals surface area contributed by atoms with Crippen LogP contribution >= 0.6 is 11.8 Å². The van der Waals surface area contributed by atoms with E-state index in [4.69, 9.17) is 0 Å². The molecule has 0 aliphatic heterocycles. The molecule has 18 heavy (non-hydrogen) atoms. The first-order chi connectivity index (χ1) is 8.84. The first-order valence-corrected chi connectivity index (χ1v) is 7.31. The third-order valence-corrected chi connectivity index (χ3v) is 4.48. The first-order valence-electron chi connectivity index (χ1n) is 6.32. The minimum Gasteiger partial charge on any atom is -0.337 e. The Morgan fingerprint density at radius 3 is 2.94 bits per heavy atom. The van der Waals surface area contributed by atoms with E-state index in [1.165, 1.54) is 19.3 Å². The zero-order valence-corrected chi connectivity index (χ0v) is 11.3. The Labute approximate surface area is 111 Å². The van der Waals surface area contributed by atoms with Crippen LogP contribution in [-0.2, 0) is 13.6 Å². The van der Waals surface area contributed by atoms with Gasteiger partial charge in [0.15, 0.2) is 5.16 Å². The van der Waals surface area contributed by atoms with Crippen molar-refractivity contribution in [2.75, 3.05) is 5.75 Å². The zero-order chi connectivity index (χ0) is 12.4. The van der Waals surface area contributed by atoms with E-state index in [2.05, 4.69) is 31.4 Å². The summed E-state index contributed by atoms with van der Waals surface area (Å²) in [6.45, 7) is 0.955. The molecule has 0 unspecified atom stereocenters. The molecule has 96 valence electrons. The number of aromatic nitrogens is 5. The standard InChI is InChI=1S/C12H17N5S/c1-16-11(10-3-2-4-10)14-15-12(16)18-8-7-17-6-5-13-9-17/h5-6,9-10H,2-4,7-8H2,1H3. The summed E-state index contributed by atoms with van der Waals surface area (Å²) in [6, 6.07) is 0. The summed E-state index contributed by atoms with van der Waals surface area (Å²) in [6.07, 6.45) is 9.51. The van der Waals surface area contributed by atoms with E-state index in [9.17, 15) is 0 Å². The van der Waals surface area contributed by atoms with Crippen LogP contribution in [0.25, 0.3) is 0 Å². The predicted molar refractivity (Wildman–Crippen MR) is 70.5 cm³/mol. The maximum Gasteiger partial charge on any atom is 0.191 e. The second kappa shape index (κ2) is 5.14. The molecule has 0 bridgehead atoms. The van der Waals surface area contributed by atoms with Gasteiger partial charge in [-0.15, -0.1) is 10.2 Å². The molecule has 2 aromatic heterocycles. The second-order valence-corrected chi connectivity index (χ2v) is 5.74. The van der Waals surface area contributed by atoms with Crippen molar-refractivity contribution in [1.82, 2.24) is 24.3 Å². The highest BCUT2D eigenvalue weighted by molar-refractivity contribution is 7.99. The molecule has 0 atom stereocenters. The van der Waals surface area contributed by atoms with Crippen LogP contribution in [0.5, 0.6) is 0 Å². The summed E-state index contributed by atoms with van der Waals surface area (Å²) in [7, 11) is 2.08. The van der Waals surface area contributed by atoms with Crippen LogP contribution in [0.4, 0.5) is 0 Å². The quantitative estimate of drug-likeness (QED) is 0.775. The summed E-state index contributed by atoms with van der Waals surface area (Å²) in [5.74, 6) is 2.80. The van der Waals surface area contributed by atoms with Crippen molar-refractivity contribution in [3.8, 4) is 0 Å². The number of imidazole rings is 1. The summed E-state index contributed by atoms with van der Waals surface area (Å²) in [5.41, 5.74) is 0. The lowest BCUT2D eigenvalue weighted by Gasteiger charge is -2.23. The molecule has 3 rings (SSSR count). The molecule has 1 saturated carbocycles. The van der Waals surface area contributed by atoms with E-state index in [0.717, 1.165) is 23.3 Å². The molecule has 0 saturated heterocycles. The molecule has 5 nitrogen and oxygen atoms in total. The molecular weight excluding hydrogens is 246 g/mol. The van der Waals surface area contributed by atoms with Gasteiger partial charge in [-0.05, 0) is 12.8 Å². The molecule has 1 fully saturated rings. The van der Waals surface area contributed by atoms with E-state index in [1.807, 2.05) is 18.7 Å². The summed E-state index contributed by atoms with van der Waals surface area (Å²) in [5, 5.41) is 9.64. The Morgan fingerprint density at radius 2 is 2.28 bits per heavy atom. The number of hydrogen-bond donors (Lipinski definition) is 0. The van der Waals surface area contributed by atoms with Crippen molar-refractivity contribution >= 4 is 11.8 Å². The summed E-state index contributed by atoms with van der Waals surface area (Å²) in [4.78, 5) is 4.03. The highest BCUT2D eigenvalue weighted by Gasteiger charge is 2.25. The molecule has 1 aliphatic rings. The van der Waals surface area contributed by atoms with Gasteiger partial charge in [-0.2, -0.15) is 0 Å². The van der Waals surface area contributed by atoms with Gasteiger partial charge in [0.25, 0.3) is 0 Å². The average molecular weight is 263 g/mol. The molecule has 2 aromatic rings. The van der Waals surface area contributed by atoms with Crippen molar-refractivity contribution in [2.24, 2.45) is 7.05 Å². The lowest BCUT2D eigenvalue weighted by atomic mass is 9.85.